The molecule has 1 aromatic rings. The van der Waals surface area contributed by atoms with Gasteiger partial charge in [-0.2, -0.15) is 5.10 Å². The van der Waals surface area contributed by atoms with Crippen LogP contribution in [0.25, 0.3) is 0 Å². The molecule has 1 N–H and O–H groups in total. The first-order valence-electron chi connectivity index (χ1n) is 6.73. The molecule has 2 amide bonds. The van der Waals surface area contributed by atoms with E-state index in [1.807, 2.05) is 29.0 Å². The molecule has 1 fully saturated rings. The second-order valence-corrected chi connectivity index (χ2v) is 5.34. The number of piperidine rings is 1. The number of hydrogen-bond acceptors (Lipinski definition) is 3. The Morgan fingerprint density at radius 1 is 1.47 bits per heavy atom. The van der Waals surface area contributed by atoms with Crippen molar-refractivity contribution in [2.45, 2.75) is 25.4 Å². The number of carbonyl (C=O) groups excluding carboxylic acids is 1. The Kier molecular flexibility index (Phi) is 4.42. The third kappa shape index (κ3) is 3.70. The monoisotopic (exact) mass is 265 g/mol. The molecule has 6 heteroatoms. The van der Waals surface area contributed by atoms with Crippen molar-refractivity contribution in [3.05, 3.63) is 18.0 Å². The van der Waals surface area contributed by atoms with Gasteiger partial charge in [0.15, 0.2) is 0 Å². The highest BCUT2D eigenvalue weighted by atomic mass is 16.2. The highest BCUT2D eigenvalue weighted by Gasteiger charge is 2.23. The smallest absolute Gasteiger partial charge is 0.319 e. The van der Waals surface area contributed by atoms with Gasteiger partial charge in [-0.1, -0.05) is 0 Å². The Balaban J connectivity index is 1.73. The van der Waals surface area contributed by atoms with Crippen LogP contribution in [0.1, 0.15) is 18.4 Å². The predicted molar refractivity (Wildman–Crippen MR) is 73.7 cm³/mol. The molecule has 0 saturated carbocycles. The molecule has 0 aliphatic carbocycles. The molecule has 1 aromatic heterocycles. The fourth-order valence-electron chi connectivity index (χ4n) is 2.38. The molecule has 0 bridgehead atoms. The van der Waals surface area contributed by atoms with Crippen LogP contribution < -0.4 is 5.32 Å². The van der Waals surface area contributed by atoms with E-state index in [2.05, 4.69) is 10.4 Å². The van der Waals surface area contributed by atoms with Gasteiger partial charge < -0.3 is 15.1 Å². The van der Waals surface area contributed by atoms with Crippen LogP contribution in [0.4, 0.5) is 4.79 Å². The van der Waals surface area contributed by atoms with Gasteiger partial charge in [0.05, 0.1) is 6.20 Å². The van der Waals surface area contributed by atoms with Crippen LogP contribution in [0.3, 0.4) is 0 Å². The lowest BCUT2D eigenvalue weighted by Crippen LogP contribution is -2.47. The molecular weight excluding hydrogens is 242 g/mol. The van der Waals surface area contributed by atoms with Crippen molar-refractivity contribution in [3.8, 4) is 0 Å². The van der Waals surface area contributed by atoms with Crippen LogP contribution in [0.5, 0.6) is 0 Å². The van der Waals surface area contributed by atoms with Gasteiger partial charge in [-0.15, -0.1) is 0 Å². The van der Waals surface area contributed by atoms with Crippen molar-refractivity contribution in [3.63, 3.8) is 0 Å². The lowest BCUT2D eigenvalue weighted by atomic mass is 10.1. The number of rotatable bonds is 3. The van der Waals surface area contributed by atoms with Crippen LogP contribution in [0.2, 0.25) is 0 Å². The number of amides is 2. The largest absolute Gasteiger partial charge is 0.331 e. The standard InChI is InChI=1S/C13H23N5O/c1-16(2)13(19)18-6-4-12(5-7-18)14-8-11-9-15-17(3)10-11/h9-10,12,14H,4-8H2,1-3H3. The zero-order chi connectivity index (χ0) is 13.8. The molecule has 19 heavy (non-hydrogen) atoms. The molecule has 0 unspecified atom stereocenters. The molecule has 2 rings (SSSR count). The minimum atomic E-state index is 0.116. The second-order valence-electron chi connectivity index (χ2n) is 5.34. The summed E-state index contributed by atoms with van der Waals surface area (Å²) in [5.74, 6) is 0. The molecule has 2 heterocycles. The average molecular weight is 265 g/mol. The first-order chi connectivity index (χ1) is 9.06. The molecule has 0 aromatic carbocycles. The molecule has 106 valence electrons. The van der Waals surface area contributed by atoms with E-state index >= 15 is 0 Å². The average Bonchev–Trinajstić information content (AvgIpc) is 2.82. The first-order valence-corrected chi connectivity index (χ1v) is 6.73. The maximum atomic E-state index is 11.8. The fourth-order valence-corrected chi connectivity index (χ4v) is 2.38. The van der Waals surface area contributed by atoms with Crippen LogP contribution in [-0.2, 0) is 13.6 Å². The summed E-state index contributed by atoms with van der Waals surface area (Å²) in [4.78, 5) is 15.4. The Bertz CT molecular complexity index is 420. The summed E-state index contributed by atoms with van der Waals surface area (Å²) in [7, 11) is 5.53. The number of aromatic nitrogens is 2. The number of nitrogens with zero attached hydrogens (tertiary/aromatic N) is 4. The van der Waals surface area contributed by atoms with Gasteiger partial charge in [-0.25, -0.2) is 4.79 Å². The van der Waals surface area contributed by atoms with Crippen LogP contribution in [-0.4, -0.2) is 58.8 Å². The SMILES string of the molecule is CN(C)C(=O)N1CCC(NCc2cnn(C)c2)CC1. The minimum Gasteiger partial charge on any atom is -0.331 e. The van der Waals surface area contributed by atoms with E-state index in [1.54, 1.807) is 19.0 Å². The number of aryl methyl sites for hydroxylation is 1. The molecule has 0 radical (unpaired) electrons. The minimum absolute atomic E-state index is 0.116. The lowest BCUT2D eigenvalue weighted by molar-refractivity contribution is 0.152. The van der Waals surface area contributed by atoms with E-state index in [4.69, 9.17) is 0 Å². The van der Waals surface area contributed by atoms with Gasteiger partial charge in [-0.3, -0.25) is 4.68 Å². The van der Waals surface area contributed by atoms with Gasteiger partial charge >= 0.3 is 6.03 Å². The summed E-state index contributed by atoms with van der Waals surface area (Å²) in [6.45, 7) is 2.52. The highest BCUT2D eigenvalue weighted by Crippen LogP contribution is 2.12. The quantitative estimate of drug-likeness (QED) is 0.873. The molecular formula is C13H23N5O. The maximum absolute atomic E-state index is 11.8. The van der Waals surface area contributed by atoms with Gasteiger partial charge in [0.2, 0.25) is 0 Å². The van der Waals surface area contributed by atoms with Gasteiger partial charge in [-0.05, 0) is 12.8 Å². The van der Waals surface area contributed by atoms with Crippen molar-refractivity contribution < 1.29 is 4.79 Å². The zero-order valence-corrected chi connectivity index (χ0v) is 12.0. The molecule has 0 atom stereocenters. The summed E-state index contributed by atoms with van der Waals surface area (Å²) in [5, 5.41) is 7.69. The molecule has 0 spiro atoms. The van der Waals surface area contributed by atoms with Crippen molar-refractivity contribution in [2.24, 2.45) is 7.05 Å². The number of likely N-dealkylation sites (tertiary alicyclic amines) is 1. The zero-order valence-electron chi connectivity index (χ0n) is 12.0. The molecule has 6 nitrogen and oxygen atoms in total. The summed E-state index contributed by atoms with van der Waals surface area (Å²) in [6, 6.07) is 0.608. The normalized spacial score (nSPS) is 16.7. The van der Waals surface area contributed by atoms with E-state index < -0.39 is 0 Å². The van der Waals surface area contributed by atoms with Crippen molar-refractivity contribution >= 4 is 6.03 Å². The topological polar surface area (TPSA) is 53.4 Å². The van der Waals surface area contributed by atoms with Crippen LogP contribution >= 0.6 is 0 Å². The Labute approximate surface area is 114 Å². The first kappa shape index (κ1) is 13.9. The Morgan fingerprint density at radius 3 is 2.68 bits per heavy atom. The number of urea groups is 1. The van der Waals surface area contributed by atoms with E-state index in [9.17, 15) is 4.79 Å². The van der Waals surface area contributed by atoms with E-state index in [1.165, 1.54) is 5.56 Å². The van der Waals surface area contributed by atoms with Crippen LogP contribution in [0.15, 0.2) is 12.4 Å². The molecule has 1 aliphatic heterocycles. The van der Waals surface area contributed by atoms with E-state index in [0.29, 0.717) is 6.04 Å². The van der Waals surface area contributed by atoms with Gasteiger partial charge in [0.1, 0.15) is 0 Å². The summed E-state index contributed by atoms with van der Waals surface area (Å²) >= 11 is 0. The summed E-state index contributed by atoms with van der Waals surface area (Å²) in [5.41, 5.74) is 1.20. The second kappa shape index (κ2) is 6.06. The lowest BCUT2D eigenvalue weighted by Gasteiger charge is -2.34. The number of nitrogens with one attached hydrogen (secondary N) is 1. The third-order valence-corrected chi connectivity index (χ3v) is 3.50. The third-order valence-electron chi connectivity index (χ3n) is 3.50. The maximum Gasteiger partial charge on any atom is 0.319 e. The van der Waals surface area contributed by atoms with Crippen LogP contribution in [0, 0.1) is 0 Å². The summed E-state index contributed by atoms with van der Waals surface area (Å²) in [6.07, 6.45) is 5.94. The Morgan fingerprint density at radius 2 is 2.16 bits per heavy atom. The van der Waals surface area contributed by atoms with Gasteiger partial charge in [0, 0.05) is 58.6 Å². The molecule has 1 saturated heterocycles. The molecule has 1 aliphatic rings. The fraction of sp³-hybridized carbons (Fsp3) is 0.692. The van der Waals surface area contributed by atoms with E-state index in [-0.39, 0.29) is 6.03 Å². The number of carbonyl (C=O) groups is 1. The highest BCUT2D eigenvalue weighted by molar-refractivity contribution is 5.73. The van der Waals surface area contributed by atoms with Gasteiger partial charge in [0.25, 0.3) is 0 Å². The van der Waals surface area contributed by atoms with E-state index in [0.717, 1.165) is 32.5 Å². The number of hydrogen-bond donors (Lipinski definition) is 1. The van der Waals surface area contributed by atoms with Crippen molar-refractivity contribution in [2.75, 3.05) is 27.2 Å². The summed E-state index contributed by atoms with van der Waals surface area (Å²) < 4.78 is 1.81. The van der Waals surface area contributed by atoms with Crippen molar-refractivity contribution in [1.82, 2.24) is 24.9 Å². The predicted octanol–water partition coefficient (Wildman–Crippen LogP) is 0.656. The van der Waals surface area contributed by atoms with Crippen molar-refractivity contribution in [1.29, 1.82) is 0 Å². The Hall–Kier alpha value is -1.56.